The molecule has 102 valence electrons. The number of hydrogen-bond acceptors (Lipinski definition) is 2. The number of nitrogens with one attached hydrogen (secondary N) is 1. The maximum Gasteiger partial charge on any atom is 0.243 e. The third-order valence-electron chi connectivity index (χ3n) is 3.34. The molecule has 0 aromatic heterocycles. The Balaban J connectivity index is 1.94. The number of carbonyl (C=O) groups is 1. The van der Waals surface area contributed by atoms with Crippen molar-refractivity contribution < 1.29 is 4.79 Å². The highest BCUT2D eigenvalue weighted by Crippen LogP contribution is 2.24. The summed E-state index contributed by atoms with van der Waals surface area (Å²) in [5.74, 6) is 0.0757. The molecule has 3 nitrogen and oxygen atoms in total. The molecule has 0 saturated heterocycles. The van der Waals surface area contributed by atoms with Gasteiger partial charge in [0.15, 0.2) is 0 Å². The molecule has 0 bridgehead atoms. The van der Waals surface area contributed by atoms with Gasteiger partial charge in [-0.25, -0.2) is 5.43 Å². The Bertz CT molecular complexity index is 462. The van der Waals surface area contributed by atoms with Gasteiger partial charge in [-0.2, -0.15) is 5.10 Å². The van der Waals surface area contributed by atoms with Gasteiger partial charge < -0.3 is 0 Å². The van der Waals surface area contributed by atoms with E-state index in [1.54, 1.807) is 18.2 Å². The number of carbonyl (C=O) groups excluding carboxylic acids is 1. The highest BCUT2D eigenvalue weighted by Gasteiger charge is 2.20. The Labute approximate surface area is 123 Å². The molecule has 0 spiro atoms. The third-order valence-corrected chi connectivity index (χ3v) is 4.00. The molecule has 19 heavy (non-hydrogen) atoms. The van der Waals surface area contributed by atoms with Crippen LogP contribution in [0.25, 0.3) is 0 Å². The van der Waals surface area contributed by atoms with E-state index >= 15 is 0 Å². The zero-order valence-electron chi connectivity index (χ0n) is 10.5. The molecule has 0 unspecified atom stereocenters. The Morgan fingerprint density at radius 3 is 2.47 bits per heavy atom. The lowest BCUT2D eigenvalue weighted by Crippen LogP contribution is -2.28. The minimum Gasteiger partial charge on any atom is -0.273 e. The molecule has 0 radical (unpaired) electrons. The fraction of sp³-hybridized carbons (Fsp3) is 0.429. The maximum absolute atomic E-state index is 11.9. The van der Waals surface area contributed by atoms with Crippen molar-refractivity contribution in [2.45, 2.75) is 32.1 Å². The molecule has 1 amide bonds. The smallest absolute Gasteiger partial charge is 0.243 e. The molecule has 0 heterocycles. The Hall–Kier alpha value is -1.06. The Kier molecular flexibility index (Phi) is 5.23. The summed E-state index contributed by atoms with van der Waals surface area (Å²) in [6, 6.07) is 5.23. The van der Waals surface area contributed by atoms with E-state index in [9.17, 15) is 4.79 Å². The molecular formula is C14H16Cl2N2O. The molecular weight excluding hydrogens is 283 g/mol. The first-order chi connectivity index (χ1) is 9.18. The van der Waals surface area contributed by atoms with Gasteiger partial charge in [-0.15, -0.1) is 0 Å². The largest absolute Gasteiger partial charge is 0.273 e. The average molecular weight is 299 g/mol. The molecule has 1 aromatic rings. The van der Waals surface area contributed by atoms with Crippen molar-refractivity contribution in [3.05, 3.63) is 33.8 Å². The van der Waals surface area contributed by atoms with E-state index in [1.165, 1.54) is 12.6 Å². The minimum atomic E-state index is -0.0147. The van der Waals surface area contributed by atoms with Crippen LogP contribution < -0.4 is 5.43 Å². The molecule has 1 saturated carbocycles. The molecule has 1 aromatic carbocycles. The number of benzene rings is 1. The Morgan fingerprint density at radius 1 is 1.21 bits per heavy atom. The number of nitrogens with zero attached hydrogens (tertiary/aromatic N) is 1. The van der Waals surface area contributed by atoms with E-state index < -0.39 is 0 Å². The quantitative estimate of drug-likeness (QED) is 0.664. The summed E-state index contributed by atoms with van der Waals surface area (Å²) in [7, 11) is 0. The fourth-order valence-electron chi connectivity index (χ4n) is 2.25. The second-order valence-electron chi connectivity index (χ2n) is 4.70. The summed E-state index contributed by atoms with van der Waals surface area (Å²) >= 11 is 12.0. The van der Waals surface area contributed by atoms with Gasteiger partial charge in [0.1, 0.15) is 0 Å². The first-order valence-corrected chi connectivity index (χ1v) is 7.21. The van der Waals surface area contributed by atoms with Gasteiger partial charge in [-0.1, -0.05) is 48.5 Å². The highest BCUT2D eigenvalue weighted by atomic mass is 35.5. The topological polar surface area (TPSA) is 41.5 Å². The van der Waals surface area contributed by atoms with Gasteiger partial charge in [0.05, 0.1) is 16.3 Å². The van der Waals surface area contributed by atoms with Crippen molar-refractivity contribution in [2.24, 2.45) is 11.0 Å². The van der Waals surface area contributed by atoms with Crippen molar-refractivity contribution in [1.82, 2.24) is 5.43 Å². The van der Waals surface area contributed by atoms with Crippen molar-refractivity contribution in [3.63, 3.8) is 0 Å². The first kappa shape index (κ1) is 14.4. The molecule has 5 heteroatoms. The predicted molar refractivity (Wildman–Crippen MR) is 78.8 cm³/mol. The van der Waals surface area contributed by atoms with E-state index in [2.05, 4.69) is 10.5 Å². The van der Waals surface area contributed by atoms with Gasteiger partial charge in [0, 0.05) is 11.5 Å². The summed E-state index contributed by atoms with van der Waals surface area (Å²) in [5.41, 5.74) is 3.19. The van der Waals surface area contributed by atoms with Crippen LogP contribution in [0.4, 0.5) is 0 Å². The number of rotatable bonds is 3. The average Bonchev–Trinajstić information content (AvgIpc) is 2.43. The van der Waals surface area contributed by atoms with E-state index in [-0.39, 0.29) is 11.8 Å². The van der Waals surface area contributed by atoms with E-state index in [1.807, 2.05) is 0 Å². The van der Waals surface area contributed by atoms with Crippen LogP contribution in [-0.4, -0.2) is 12.1 Å². The zero-order chi connectivity index (χ0) is 13.7. The first-order valence-electron chi connectivity index (χ1n) is 6.45. The van der Waals surface area contributed by atoms with Gasteiger partial charge in [-0.3, -0.25) is 4.79 Å². The van der Waals surface area contributed by atoms with Crippen LogP contribution in [0.15, 0.2) is 23.3 Å². The summed E-state index contributed by atoms with van der Waals surface area (Å²) in [5, 5.41) is 4.98. The lowest BCUT2D eigenvalue weighted by molar-refractivity contribution is -0.125. The van der Waals surface area contributed by atoms with Gasteiger partial charge >= 0.3 is 0 Å². The van der Waals surface area contributed by atoms with Crippen molar-refractivity contribution >= 4 is 35.3 Å². The molecule has 0 atom stereocenters. The molecule has 1 fully saturated rings. The van der Waals surface area contributed by atoms with E-state index in [0.29, 0.717) is 15.6 Å². The summed E-state index contributed by atoms with van der Waals surface area (Å²) in [4.78, 5) is 11.9. The number of halogens is 2. The molecule has 2 rings (SSSR count). The standard InChI is InChI=1S/C14H16Cl2N2O/c15-12-7-4-8-13(16)11(12)9-17-18-14(19)10-5-2-1-3-6-10/h4,7-10H,1-3,5-6H2,(H,18,19)/b17-9+. The minimum absolute atomic E-state index is 0.0147. The van der Waals surface area contributed by atoms with Crippen LogP contribution in [0.1, 0.15) is 37.7 Å². The lowest BCUT2D eigenvalue weighted by Gasteiger charge is -2.19. The number of amides is 1. The Morgan fingerprint density at radius 2 is 1.84 bits per heavy atom. The van der Waals surface area contributed by atoms with Crippen LogP contribution in [0.3, 0.4) is 0 Å². The van der Waals surface area contributed by atoms with E-state index in [0.717, 1.165) is 25.7 Å². The summed E-state index contributed by atoms with van der Waals surface area (Å²) in [6.45, 7) is 0. The third kappa shape index (κ3) is 3.95. The van der Waals surface area contributed by atoms with Crippen LogP contribution in [0.2, 0.25) is 10.0 Å². The zero-order valence-corrected chi connectivity index (χ0v) is 12.0. The van der Waals surface area contributed by atoms with Gasteiger partial charge in [0.25, 0.3) is 0 Å². The van der Waals surface area contributed by atoms with Crippen molar-refractivity contribution in [1.29, 1.82) is 0 Å². The van der Waals surface area contributed by atoms with Crippen LogP contribution in [0, 0.1) is 5.92 Å². The monoisotopic (exact) mass is 298 g/mol. The van der Waals surface area contributed by atoms with Crippen LogP contribution >= 0.6 is 23.2 Å². The maximum atomic E-state index is 11.9. The van der Waals surface area contributed by atoms with E-state index in [4.69, 9.17) is 23.2 Å². The molecule has 1 aliphatic carbocycles. The van der Waals surface area contributed by atoms with Gasteiger partial charge in [-0.05, 0) is 25.0 Å². The molecule has 1 aliphatic rings. The summed E-state index contributed by atoms with van der Waals surface area (Å²) in [6.07, 6.45) is 6.87. The molecule has 1 N–H and O–H groups in total. The normalized spacial score (nSPS) is 16.7. The second kappa shape index (κ2) is 6.92. The second-order valence-corrected chi connectivity index (χ2v) is 5.52. The number of hydrogen-bond donors (Lipinski definition) is 1. The predicted octanol–water partition coefficient (Wildman–Crippen LogP) is 4.02. The highest BCUT2D eigenvalue weighted by molar-refractivity contribution is 6.38. The lowest BCUT2D eigenvalue weighted by atomic mass is 9.89. The number of hydrazone groups is 1. The SMILES string of the molecule is O=C(N/N=C/c1c(Cl)cccc1Cl)C1CCCCC1. The van der Waals surface area contributed by atoms with Crippen LogP contribution in [0.5, 0.6) is 0 Å². The van der Waals surface area contributed by atoms with Crippen molar-refractivity contribution in [2.75, 3.05) is 0 Å². The summed E-state index contributed by atoms with van der Waals surface area (Å²) < 4.78 is 0. The fourth-order valence-corrected chi connectivity index (χ4v) is 2.75. The van der Waals surface area contributed by atoms with Crippen LogP contribution in [-0.2, 0) is 4.79 Å². The van der Waals surface area contributed by atoms with Gasteiger partial charge in [0.2, 0.25) is 5.91 Å². The van der Waals surface area contributed by atoms with Crippen molar-refractivity contribution in [3.8, 4) is 0 Å². The molecule has 0 aliphatic heterocycles.